The van der Waals surface area contributed by atoms with E-state index in [4.69, 9.17) is 4.74 Å². The second kappa shape index (κ2) is 9.88. The molecule has 150 valence electrons. The molecule has 0 unspecified atom stereocenters. The number of carbonyl (C=O) groups excluding carboxylic acids is 3. The second-order valence-corrected chi connectivity index (χ2v) is 8.72. The first-order chi connectivity index (χ1) is 12.8. The normalized spacial score (nSPS) is 14.4. The summed E-state index contributed by atoms with van der Waals surface area (Å²) in [7, 11) is 0. The van der Waals surface area contributed by atoms with E-state index in [-0.39, 0.29) is 24.5 Å². The van der Waals surface area contributed by atoms with Crippen LogP contribution in [0.1, 0.15) is 74.2 Å². The zero-order chi connectivity index (χ0) is 20.0. The van der Waals surface area contributed by atoms with Crippen molar-refractivity contribution in [2.75, 3.05) is 11.9 Å². The Bertz CT molecular complexity index is 696. The molecular weight excluding hydrogens is 364 g/mol. The molecule has 1 aliphatic carbocycles. The van der Waals surface area contributed by atoms with E-state index in [9.17, 15) is 14.4 Å². The van der Waals surface area contributed by atoms with E-state index in [1.165, 1.54) is 18.3 Å². The third-order valence-corrected chi connectivity index (χ3v) is 5.79. The SMILES string of the molecule is CC(=O)Nc1sc2c(c1C(=O)OCC(=O)N[C@@H](C)CCC(C)C)CCCC2. The number of carbonyl (C=O) groups is 3. The Kier molecular flexibility index (Phi) is 7.83. The van der Waals surface area contributed by atoms with Crippen molar-refractivity contribution >= 4 is 34.1 Å². The summed E-state index contributed by atoms with van der Waals surface area (Å²) < 4.78 is 5.27. The lowest BCUT2D eigenvalue weighted by Crippen LogP contribution is -2.36. The van der Waals surface area contributed by atoms with E-state index in [2.05, 4.69) is 24.5 Å². The van der Waals surface area contributed by atoms with Crippen LogP contribution in [-0.2, 0) is 27.2 Å². The van der Waals surface area contributed by atoms with E-state index in [0.29, 0.717) is 16.5 Å². The molecule has 1 aromatic rings. The molecule has 2 N–H and O–H groups in total. The average Bonchev–Trinajstić information content (AvgIpc) is 2.95. The number of hydrogen-bond donors (Lipinski definition) is 2. The predicted molar refractivity (Wildman–Crippen MR) is 107 cm³/mol. The molecule has 1 atom stereocenters. The number of anilines is 1. The Morgan fingerprint density at radius 3 is 2.48 bits per heavy atom. The second-order valence-electron chi connectivity index (χ2n) is 7.61. The number of hydrogen-bond acceptors (Lipinski definition) is 5. The number of ether oxygens (including phenoxy) is 1. The van der Waals surface area contributed by atoms with Crippen molar-refractivity contribution in [1.82, 2.24) is 5.32 Å². The van der Waals surface area contributed by atoms with Crippen molar-refractivity contribution < 1.29 is 19.1 Å². The third-order valence-electron chi connectivity index (χ3n) is 4.58. The van der Waals surface area contributed by atoms with Gasteiger partial charge in [0, 0.05) is 17.8 Å². The van der Waals surface area contributed by atoms with Crippen LogP contribution in [0.4, 0.5) is 5.00 Å². The van der Waals surface area contributed by atoms with Crippen LogP contribution in [-0.4, -0.2) is 30.4 Å². The zero-order valence-corrected chi connectivity index (χ0v) is 17.5. The van der Waals surface area contributed by atoms with Crippen LogP contribution in [0.15, 0.2) is 0 Å². The van der Waals surface area contributed by atoms with Crippen molar-refractivity contribution in [1.29, 1.82) is 0 Å². The molecule has 0 fully saturated rings. The number of esters is 1. The van der Waals surface area contributed by atoms with Crippen molar-refractivity contribution in [2.45, 2.75) is 72.3 Å². The highest BCUT2D eigenvalue weighted by atomic mass is 32.1. The maximum Gasteiger partial charge on any atom is 0.341 e. The lowest BCUT2D eigenvalue weighted by atomic mass is 9.95. The molecule has 1 heterocycles. The van der Waals surface area contributed by atoms with E-state index >= 15 is 0 Å². The van der Waals surface area contributed by atoms with Gasteiger partial charge in [-0.15, -0.1) is 11.3 Å². The Balaban J connectivity index is 1.98. The van der Waals surface area contributed by atoms with E-state index in [1.54, 1.807) is 0 Å². The van der Waals surface area contributed by atoms with Gasteiger partial charge in [0.15, 0.2) is 6.61 Å². The van der Waals surface area contributed by atoms with Gasteiger partial charge < -0.3 is 15.4 Å². The monoisotopic (exact) mass is 394 g/mol. The van der Waals surface area contributed by atoms with Gasteiger partial charge in [-0.2, -0.15) is 0 Å². The zero-order valence-electron chi connectivity index (χ0n) is 16.6. The number of thiophene rings is 1. The van der Waals surface area contributed by atoms with Gasteiger partial charge in [-0.25, -0.2) is 4.79 Å². The number of aryl methyl sites for hydroxylation is 1. The molecule has 1 aliphatic rings. The topological polar surface area (TPSA) is 84.5 Å². The van der Waals surface area contributed by atoms with Gasteiger partial charge in [0.05, 0.1) is 5.56 Å². The molecule has 0 aromatic carbocycles. The molecule has 0 spiro atoms. The van der Waals surface area contributed by atoms with Crippen LogP contribution in [0.2, 0.25) is 0 Å². The molecule has 1 aromatic heterocycles. The van der Waals surface area contributed by atoms with Crippen LogP contribution in [0.3, 0.4) is 0 Å². The van der Waals surface area contributed by atoms with Crippen molar-refractivity contribution in [2.24, 2.45) is 5.92 Å². The van der Waals surface area contributed by atoms with Crippen LogP contribution in [0, 0.1) is 5.92 Å². The fourth-order valence-corrected chi connectivity index (χ4v) is 4.53. The van der Waals surface area contributed by atoms with Crippen LogP contribution in [0.25, 0.3) is 0 Å². The first kappa shape index (κ1) is 21.4. The molecule has 0 saturated carbocycles. The van der Waals surface area contributed by atoms with Gasteiger partial charge in [0.25, 0.3) is 5.91 Å². The predicted octanol–water partition coefficient (Wildman–Crippen LogP) is 3.68. The molecule has 0 saturated heterocycles. The summed E-state index contributed by atoms with van der Waals surface area (Å²) in [5.74, 6) is -0.480. The highest BCUT2D eigenvalue weighted by Crippen LogP contribution is 2.38. The highest BCUT2D eigenvalue weighted by molar-refractivity contribution is 7.17. The number of nitrogens with one attached hydrogen (secondary N) is 2. The minimum atomic E-state index is -0.539. The maximum atomic E-state index is 12.6. The molecule has 2 rings (SSSR count). The first-order valence-electron chi connectivity index (χ1n) is 9.66. The summed E-state index contributed by atoms with van der Waals surface area (Å²) in [6.45, 7) is 7.34. The average molecular weight is 395 g/mol. The van der Waals surface area contributed by atoms with Crippen molar-refractivity contribution in [3.05, 3.63) is 16.0 Å². The summed E-state index contributed by atoms with van der Waals surface area (Å²) in [6, 6.07) is 0.0439. The molecule has 2 amide bonds. The molecule has 6 nitrogen and oxygen atoms in total. The minimum absolute atomic E-state index is 0.0439. The Morgan fingerprint density at radius 1 is 1.11 bits per heavy atom. The number of amides is 2. The molecule has 7 heteroatoms. The molecule has 0 radical (unpaired) electrons. The molecular formula is C20H30N2O4S. The Hall–Kier alpha value is -1.89. The van der Waals surface area contributed by atoms with Crippen molar-refractivity contribution in [3.63, 3.8) is 0 Å². The summed E-state index contributed by atoms with van der Waals surface area (Å²) in [6.07, 6.45) is 5.72. The van der Waals surface area contributed by atoms with Gasteiger partial charge in [0.1, 0.15) is 5.00 Å². The molecule has 0 aliphatic heterocycles. The molecule has 27 heavy (non-hydrogen) atoms. The lowest BCUT2D eigenvalue weighted by Gasteiger charge is -2.16. The summed E-state index contributed by atoms with van der Waals surface area (Å²) >= 11 is 1.44. The number of fused-ring (bicyclic) bond motifs is 1. The molecule has 0 bridgehead atoms. The van der Waals surface area contributed by atoms with Gasteiger partial charge in [-0.05, 0) is 56.9 Å². The summed E-state index contributed by atoms with van der Waals surface area (Å²) in [5.41, 5.74) is 1.39. The van der Waals surface area contributed by atoms with Crippen LogP contribution < -0.4 is 10.6 Å². The Labute approximate surface area is 165 Å². The van der Waals surface area contributed by atoms with Gasteiger partial charge in [0.2, 0.25) is 5.91 Å². The largest absolute Gasteiger partial charge is 0.452 e. The van der Waals surface area contributed by atoms with Gasteiger partial charge in [-0.1, -0.05) is 13.8 Å². The van der Waals surface area contributed by atoms with Crippen LogP contribution >= 0.6 is 11.3 Å². The fourth-order valence-electron chi connectivity index (χ4n) is 3.21. The summed E-state index contributed by atoms with van der Waals surface area (Å²) in [5, 5.41) is 6.13. The standard InChI is InChI=1S/C20H30N2O4S/c1-12(2)9-10-13(3)21-17(24)11-26-20(25)18-15-7-5-6-8-16(15)27-19(18)22-14(4)23/h12-13H,5-11H2,1-4H3,(H,21,24)(H,22,23)/t13-/m0/s1. The maximum absolute atomic E-state index is 12.6. The quantitative estimate of drug-likeness (QED) is 0.659. The third kappa shape index (κ3) is 6.34. The number of rotatable bonds is 8. The Morgan fingerprint density at radius 2 is 1.81 bits per heavy atom. The summed E-state index contributed by atoms with van der Waals surface area (Å²) in [4.78, 5) is 37.3. The smallest absolute Gasteiger partial charge is 0.341 e. The first-order valence-corrected chi connectivity index (χ1v) is 10.5. The van der Waals surface area contributed by atoms with E-state index < -0.39 is 5.97 Å². The fraction of sp³-hybridized carbons (Fsp3) is 0.650. The lowest BCUT2D eigenvalue weighted by molar-refractivity contribution is -0.124. The van der Waals surface area contributed by atoms with E-state index in [0.717, 1.165) is 49.0 Å². The minimum Gasteiger partial charge on any atom is -0.452 e. The van der Waals surface area contributed by atoms with Crippen molar-refractivity contribution in [3.8, 4) is 0 Å². The van der Waals surface area contributed by atoms with Gasteiger partial charge >= 0.3 is 5.97 Å². The van der Waals surface area contributed by atoms with E-state index in [1.807, 2.05) is 6.92 Å². The van der Waals surface area contributed by atoms with Crippen LogP contribution in [0.5, 0.6) is 0 Å². The highest BCUT2D eigenvalue weighted by Gasteiger charge is 2.27. The van der Waals surface area contributed by atoms with Gasteiger partial charge in [-0.3, -0.25) is 9.59 Å².